The van der Waals surface area contributed by atoms with Crippen molar-refractivity contribution in [1.29, 1.82) is 0 Å². The minimum Gasteiger partial charge on any atom is -0.507 e. The molecule has 1 aliphatic heterocycles. The fourth-order valence-electron chi connectivity index (χ4n) is 4.07. The van der Waals surface area contributed by atoms with Gasteiger partial charge in [-0.2, -0.15) is 0 Å². The molecule has 1 aliphatic rings. The summed E-state index contributed by atoms with van der Waals surface area (Å²) in [5.41, 5.74) is 2.71. The fourth-order valence-corrected chi connectivity index (χ4v) is 5.36. The van der Waals surface area contributed by atoms with Crippen molar-refractivity contribution in [3.8, 4) is 5.75 Å². The summed E-state index contributed by atoms with van der Waals surface area (Å²) >= 11 is 7.58. The first-order valence-electron chi connectivity index (χ1n) is 10.5. The van der Waals surface area contributed by atoms with E-state index < -0.39 is 17.7 Å². The molecule has 5 rings (SSSR count). The summed E-state index contributed by atoms with van der Waals surface area (Å²) in [6, 6.07) is 18.5. The molecule has 0 spiro atoms. The molecule has 3 aromatic carbocycles. The van der Waals surface area contributed by atoms with Crippen LogP contribution in [0.5, 0.6) is 5.75 Å². The van der Waals surface area contributed by atoms with Gasteiger partial charge in [-0.15, -0.1) is 0 Å². The summed E-state index contributed by atoms with van der Waals surface area (Å²) in [5, 5.41) is 12.1. The molecule has 1 aromatic heterocycles. The quantitative estimate of drug-likeness (QED) is 0.219. The molecule has 0 bridgehead atoms. The van der Waals surface area contributed by atoms with E-state index in [1.165, 1.54) is 23.3 Å². The van der Waals surface area contributed by atoms with Crippen molar-refractivity contribution >= 4 is 55.7 Å². The Hall–Kier alpha value is -3.68. The molecule has 1 fully saturated rings. The molecule has 0 radical (unpaired) electrons. The van der Waals surface area contributed by atoms with Crippen molar-refractivity contribution in [3.63, 3.8) is 0 Å². The van der Waals surface area contributed by atoms with Gasteiger partial charge in [0.25, 0.3) is 5.78 Å². The maximum absolute atomic E-state index is 13.3. The number of thiazole rings is 1. The highest BCUT2D eigenvalue weighted by Crippen LogP contribution is 2.44. The SMILES string of the molecule is COc1cccc(/C(O)=C2\C(=O)C(=O)N(c3nc4ccc(C)cc4s3)C2c2cccc(Cl)c2)c1. The third-order valence-electron chi connectivity index (χ3n) is 5.69. The predicted octanol–water partition coefficient (Wildman–Crippen LogP) is 5.89. The maximum Gasteiger partial charge on any atom is 0.301 e. The normalized spacial score (nSPS) is 17.5. The molecule has 4 aromatic rings. The van der Waals surface area contributed by atoms with Gasteiger partial charge in [0.2, 0.25) is 0 Å². The first kappa shape index (κ1) is 22.1. The van der Waals surface area contributed by atoms with Crippen LogP contribution >= 0.6 is 22.9 Å². The molecule has 0 saturated carbocycles. The van der Waals surface area contributed by atoms with Crippen LogP contribution < -0.4 is 9.64 Å². The lowest BCUT2D eigenvalue weighted by Gasteiger charge is -2.23. The lowest BCUT2D eigenvalue weighted by molar-refractivity contribution is -0.132. The molecule has 1 saturated heterocycles. The molecule has 8 heteroatoms. The summed E-state index contributed by atoms with van der Waals surface area (Å²) in [6.45, 7) is 1.98. The molecule has 1 unspecified atom stereocenters. The summed E-state index contributed by atoms with van der Waals surface area (Å²) in [7, 11) is 1.51. The Morgan fingerprint density at radius 1 is 1.09 bits per heavy atom. The van der Waals surface area contributed by atoms with Crippen LogP contribution in [0.25, 0.3) is 16.0 Å². The Morgan fingerprint density at radius 3 is 2.65 bits per heavy atom. The standard InChI is InChI=1S/C26H19ClN2O4S/c1-14-9-10-19-20(11-14)34-26(28-19)29-22(15-5-3-7-17(27)12-15)21(24(31)25(29)32)23(30)16-6-4-8-18(13-16)33-2/h3-13,22,30H,1-2H3/b23-21+. The molecule has 0 aliphatic carbocycles. The van der Waals surface area contributed by atoms with E-state index in [0.717, 1.165) is 15.8 Å². The van der Waals surface area contributed by atoms with Gasteiger partial charge in [-0.25, -0.2) is 4.98 Å². The van der Waals surface area contributed by atoms with Crippen molar-refractivity contribution in [3.05, 3.63) is 94.0 Å². The van der Waals surface area contributed by atoms with E-state index in [1.807, 2.05) is 25.1 Å². The van der Waals surface area contributed by atoms with Crippen LogP contribution in [0.4, 0.5) is 5.13 Å². The number of benzene rings is 3. The summed E-state index contributed by atoms with van der Waals surface area (Å²) < 4.78 is 6.15. The van der Waals surface area contributed by atoms with Gasteiger partial charge in [-0.05, 0) is 54.4 Å². The number of aliphatic hydroxyl groups excluding tert-OH is 1. The zero-order valence-corrected chi connectivity index (χ0v) is 19.9. The number of anilines is 1. The number of methoxy groups -OCH3 is 1. The Labute approximate surface area is 204 Å². The second-order valence-corrected chi connectivity index (χ2v) is 9.37. The molecule has 34 heavy (non-hydrogen) atoms. The Kier molecular flexibility index (Phi) is 5.59. The van der Waals surface area contributed by atoms with Crippen LogP contribution in [0.2, 0.25) is 5.02 Å². The molecule has 2 heterocycles. The third-order valence-corrected chi connectivity index (χ3v) is 6.94. The third kappa shape index (κ3) is 3.73. The van der Waals surface area contributed by atoms with Crippen LogP contribution in [0.15, 0.2) is 72.3 Å². The van der Waals surface area contributed by atoms with E-state index in [-0.39, 0.29) is 11.3 Å². The summed E-state index contributed by atoms with van der Waals surface area (Å²) in [6.07, 6.45) is 0. The monoisotopic (exact) mass is 490 g/mol. The van der Waals surface area contributed by atoms with Gasteiger partial charge < -0.3 is 9.84 Å². The lowest BCUT2D eigenvalue weighted by Crippen LogP contribution is -2.29. The number of ether oxygens (including phenoxy) is 1. The number of carbonyl (C=O) groups is 2. The van der Waals surface area contributed by atoms with Crippen molar-refractivity contribution in [2.24, 2.45) is 0 Å². The highest BCUT2D eigenvalue weighted by molar-refractivity contribution is 7.22. The first-order chi connectivity index (χ1) is 16.4. The largest absolute Gasteiger partial charge is 0.507 e. The topological polar surface area (TPSA) is 79.7 Å². The van der Waals surface area contributed by atoms with E-state index in [9.17, 15) is 14.7 Å². The number of halogens is 1. The number of amides is 1. The van der Waals surface area contributed by atoms with Crippen LogP contribution in [-0.2, 0) is 9.59 Å². The van der Waals surface area contributed by atoms with Crippen molar-refractivity contribution in [2.75, 3.05) is 12.0 Å². The second-order valence-electron chi connectivity index (χ2n) is 7.92. The molecule has 6 nitrogen and oxygen atoms in total. The smallest absolute Gasteiger partial charge is 0.301 e. The number of carbonyl (C=O) groups excluding carboxylic acids is 2. The number of nitrogens with zero attached hydrogens (tertiary/aromatic N) is 2. The van der Waals surface area contributed by atoms with Crippen molar-refractivity contribution in [2.45, 2.75) is 13.0 Å². The highest BCUT2D eigenvalue weighted by atomic mass is 35.5. The minimum atomic E-state index is -0.897. The number of aryl methyl sites for hydroxylation is 1. The van der Waals surface area contributed by atoms with Crippen LogP contribution in [0.1, 0.15) is 22.7 Å². The molecular weight excluding hydrogens is 472 g/mol. The van der Waals surface area contributed by atoms with Gasteiger partial charge in [0.15, 0.2) is 5.13 Å². The van der Waals surface area contributed by atoms with E-state index in [4.69, 9.17) is 16.3 Å². The summed E-state index contributed by atoms with van der Waals surface area (Å²) in [4.78, 5) is 32.6. The Bertz CT molecular complexity index is 1490. The maximum atomic E-state index is 13.3. The van der Waals surface area contributed by atoms with Gasteiger partial charge >= 0.3 is 5.91 Å². The number of aliphatic hydroxyl groups is 1. The Balaban J connectivity index is 1.74. The number of ketones is 1. The molecule has 1 amide bonds. The van der Waals surface area contributed by atoms with E-state index in [0.29, 0.717) is 27.0 Å². The van der Waals surface area contributed by atoms with Crippen LogP contribution in [-0.4, -0.2) is 28.9 Å². The van der Waals surface area contributed by atoms with Gasteiger partial charge in [0.05, 0.1) is 28.9 Å². The zero-order chi connectivity index (χ0) is 24.0. The van der Waals surface area contributed by atoms with Crippen molar-refractivity contribution in [1.82, 2.24) is 4.98 Å². The minimum absolute atomic E-state index is 0.0315. The average Bonchev–Trinajstić information content (AvgIpc) is 3.36. The van der Waals surface area contributed by atoms with Crippen molar-refractivity contribution < 1.29 is 19.4 Å². The zero-order valence-electron chi connectivity index (χ0n) is 18.3. The molecule has 170 valence electrons. The summed E-state index contributed by atoms with van der Waals surface area (Å²) in [5.74, 6) is -1.33. The van der Waals surface area contributed by atoms with Crippen LogP contribution in [0.3, 0.4) is 0 Å². The number of rotatable bonds is 4. The molecule has 1 atom stereocenters. The van der Waals surface area contributed by atoms with Gasteiger partial charge in [-0.1, -0.05) is 53.3 Å². The lowest BCUT2D eigenvalue weighted by atomic mass is 9.95. The average molecular weight is 491 g/mol. The number of hydrogen-bond donors (Lipinski definition) is 1. The molecule has 1 N–H and O–H groups in total. The van der Waals surface area contributed by atoms with E-state index in [1.54, 1.807) is 48.5 Å². The van der Waals surface area contributed by atoms with E-state index >= 15 is 0 Å². The Morgan fingerprint density at radius 2 is 1.88 bits per heavy atom. The molecular formula is C26H19ClN2O4S. The predicted molar refractivity (Wildman–Crippen MR) is 134 cm³/mol. The number of aromatic nitrogens is 1. The highest BCUT2D eigenvalue weighted by Gasteiger charge is 2.48. The number of hydrogen-bond acceptors (Lipinski definition) is 6. The van der Waals surface area contributed by atoms with E-state index in [2.05, 4.69) is 4.98 Å². The number of Topliss-reactive ketones (excluding diaryl/α,β-unsaturated/α-hetero) is 1. The fraction of sp³-hybridized carbons (Fsp3) is 0.115. The number of fused-ring (bicyclic) bond motifs is 1. The van der Waals surface area contributed by atoms with Gasteiger partial charge in [-0.3, -0.25) is 14.5 Å². The van der Waals surface area contributed by atoms with Gasteiger partial charge in [0.1, 0.15) is 11.5 Å². The van der Waals surface area contributed by atoms with Gasteiger partial charge in [0, 0.05) is 10.6 Å². The van der Waals surface area contributed by atoms with Crippen LogP contribution in [0, 0.1) is 6.92 Å². The second kappa shape index (κ2) is 8.59. The first-order valence-corrected chi connectivity index (χ1v) is 11.6.